The van der Waals surface area contributed by atoms with Gasteiger partial charge in [0, 0.05) is 10.5 Å². The first-order valence-corrected chi connectivity index (χ1v) is 7.42. The largest absolute Gasteiger partial charge is 0.497 e. The molecule has 2 aromatic rings. The Morgan fingerprint density at radius 1 is 1.35 bits per heavy atom. The highest BCUT2D eigenvalue weighted by atomic mass is 16.5. The number of hydrogen-bond acceptors (Lipinski definition) is 4. The fourth-order valence-corrected chi connectivity index (χ4v) is 2.74. The van der Waals surface area contributed by atoms with E-state index in [1.807, 2.05) is 43.3 Å². The highest BCUT2D eigenvalue weighted by Crippen LogP contribution is 2.41. The van der Waals surface area contributed by atoms with Crippen LogP contribution < -0.4 is 14.8 Å². The van der Waals surface area contributed by atoms with Crippen LogP contribution in [0.5, 0.6) is 11.5 Å². The lowest BCUT2D eigenvalue weighted by molar-refractivity contribution is 0.215. The minimum Gasteiger partial charge on any atom is -0.497 e. The van der Waals surface area contributed by atoms with Gasteiger partial charge in [0.25, 0.3) is 0 Å². The maximum Gasteiger partial charge on any atom is 0.150 e. The quantitative estimate of drug-likeness (QED) is 0.523. The first-order chi connectivity index (χ1) is 11.2. The van der Waals surface area contributed by atoms with Gasteiger partial charge in [0.15, 0.2) is 5.75 Å². The molecule has 0 spiro atoms. The Labute approximate surface area is 134 Å². The first kappa shape index (κ1) is 15.1. The van der Waals surface area contributed by atoms with Gasteiger partial charge in [0.05, 0.1) is 25.9 Å². The molecule has 0 bridgehead atoms. The Balaban J connectivity index is 2.00. The Bertz CT molecular complexity index is 769. The molecule has 1 aliphatic heterocycles. The molecule has 0 unspecified atom stereocenters. The summed E-state index contributed by atoms with van der Waals surface area (Å²) in [5.74, 6) is 1.63. The van der Waals surface area contributed by atoms with Gasteiger partial charge in [-0.25, -0.2) is 0 Å². The van der Waals surface area contributed by atoms with Gasteiger partial charge >= 0.3 is 0 Å². The van der Waals surface area contributed by atoms with Crippen molar-refractivity contribution in [3.05, 3.63) is 52.4 Å². The molecule has 1 N–H and O–H groups in total. The van der Waals surface area contributed by atoms with E-state index in [1.54, 1.807) is 7.11 Å². The normalized spacial score (nSPS) is 15.7. The van der Waals surface area contributed by atoms with Crippen LogP contribution in [0.1, 0.15) is 5.56 Å². The van der Waals surface area contributed by atoms with Gasteiger partial charge in [-0.1, -0.05) is 23.3 Å². The van der Waals surface area contributed by atoms with Crippen molar-refractivity contribution in [3.8, 4) is 22.6 Å². The van der Waals surface area contributed by atoms with Crippen LogP contribution in [0, 0.1) is 6.92 Å². The highest BCUT2D eigenvalue weighted by Gasteiger charge is 2.22. The topological polar surface area (TPSA) is 79.2 Å². The van der Waals surface area contributed by atoms with Crippen molar-refractivity contribution in [2.24, 2.45) is 5.11 Å². The summed E-state index contributed by atoms with van der Waals surface area (Å²) in [5, 5.41) is 6.95. The number of aryl methyl sites for hydroxylation is 1. The summed E-state index contributed by atoms with van der Waals surface area (Å²) in [4.78, 5) is 2.80. The summed E-state index contributed by atoms with van der Waals surface area (Å²) in [7, 11) is 1.66. The van der Waals surface area contributed by atoms with Gasteiger partial charge in [-0.15, -0.1) is 0 Å². The van der Waals surface area contributed by atoms with Crippen molar-refractivity contribution >= 4 is 5.69 Å². The van der Waals surface area contributed by atoms with Gasteiger partial charge in [0.2, 0.25) is 0 Å². The Hall–Kier alpha value is -2.85. The number of azide groups is 1. The summed E-state index contributed by atoms with van der Waals surface area (Å²) in [6, 6.07) is 12.0. The van der Waals surface area contributed by atoms with E-state index < -0.39 is 0 Å². The molecule has 23 heavy (non-hydrogen) atoms. The average molecular weight is 310 g/mol. The molecule has 118 valence electrons. The molecule has 2 aromatic carbocycles. The maximum atomic E-state index is 8.48. The number of anilines is 1. The molecule has 6 heteroatoms. The smallest absolute Gasteiger partial charge is 0.150 e. The minimum absolute atomic E-state index is 0.168. The fraction of sp³-hybridized carbons (Fsp3) is 0.294. The van der Waals surface area contributed by atoms with Crippen LogP contribution >= 0.6 is 0 Å². The zero-order chi connectivity index (χ0) is 16.2. The van der Waals surface area contributed by atoms with Crippen molar-refractivity contribution in [1.82, 2.24) is 0 Å². The number of methoxy groups -OCH3 is 1. The first-order valence-electron chi connectivity index (χ1n) is 7.42. The van der Waals surface area contributed by atoms with Gasteiger partial charge in [-0.05, 0) is 41.8 Å². The second kappa shape index (κ2) is 6.50. The number of benzene rings is 2. The van der Waals surface area contributed by atoms with Crippen molar-refractivity contribution in [1.29, 1.82) is 0 Å². The van der Waals surface area contributed by atoms with Crippen molar-refractivity contribution in [3.63, 3.8) is 0 Å². The van der Waals surface area contributed by atoms with E-state index in [-0.39, 0.29) is 6.10 Å². The molecule has 3 rings (SSSR count). The molecule has 1 aliphatic rings. The van der Waals surface area contributed by atoms with Crippen molar-refractivity contribution in [2.45, 2.75) is 13.0 Å². The molecule has 0 saturated carbocycles. The predicted molar refractivity (Wildman–Crippen MR) is 90.1 cm³/mol. The molecule has 0 amide bonds. The molecule has 0 radical (unpaired) electrons. The van der Waals surface area contributed by atoms with E-state index in [1.165, 1.54) is 0 Å². The van der Waals surface area contributed by atoms with Crippen LogP contribution in [0.3, 0.4) is 0 Å². The number of nitrogens with one attached hydrogen (secondary N) is 1. The van der Waals surface area contributed by atoms with Gasteiger partial charge in [-0.3, -0.25) is 0 Å². The molecular weight excluding hydrogens is 292 g/mol. The summed E-state index contributed by atoms with van der Waals surface area (Å²) in [5.41, 5.74) is 12.7. The molecule has 6 nitrogen and oxygen atoms in total. The van der Waals surface area contributed by atoms with E-state index in [0.717, 1.165) is 33.9 Å². The number of para-hydroxylation sites is 1. The van der Waals surface area contributed by atoms with Crippen LogP contribution in [0.2, 0.25) is 0 Å². The monoisotopic (exact) mass is 310 g/mol. The van der Waals surface area contributed by atoms with Crippen molar-refractivity contribution < 1.29 is 9.47 Å². The SMILES string of the molecule is COc1ccc(-c2cccc3c2O[C@@H](CN=[N+]=[N-])CN3)c(C)c1. The molecule has 0 saturated heterocycles. The predicted octanol–water partition coefficient (Wildman–Crippen LogP) is 4.15. The minimum atomic E-state index is -0.168. The van der Waals surface area contributed by atoms with E-state index in [0.29, 0.717) is 13.1 Å². The lowest BCUT2D eigenvalue weighted by Gasteiger charge is -2.28. The molecule has 0 aromatic heterocycles. The van der Waals surface area contributed by atoms with Crippen LogP contribution in [-0.2, 0) is 0 Å². The van der Waals surface area contributed by atoms with E-state index in [2.05, 4.69) is 15.3 Å². The number of ether oxygens (including phenoxy) is 2. The zero-order valence-corrected chi connectivity index (χ0v) is 13.1. The third-order valence-corrected chi connectivity index (χ3v) is 3.89. The molecule has 1 atom stereocenters. The molecule has 0 aliphatic carbocycles. The Kier molecular flexibility index (Phi) is 4.26. The fourth-order valence-electron chi connectivity index (χ4n) is 2.74. The van der Waals surface area contributed by atoms with E-state index in [4.69, 9.17) is 15.0 Å². The molecule has 1 heterocycles. The Morgan fingerprint density at radius 2 is 2.22 bits per heavy atom. The average Bonchev–Trinajstić information content (AvgIpc) is 2.59. The number of hydrogen-bond donors (Lipinski definition) is 1. The Morgan fingerprint density at radius 3 is 2.96 bits per heavy atom. The van der Waals surface area contributed by atoms with Crippen LogP contribution in [0.15, 0.2) is 41.5 Å². The lowest BCUT2D eigenvalue weighted by atomic mass is 9.98. The zero-order valence-electron chi connectivity index (χ0n) is 13.1. The standard InChI is InChI=1S/C17H18N4O2/c1-11-8-12(22-2)6-7-14(11)15-4-3-5-16-17(15)23-13(9-19-16)10-20-21-18/h3-8,13,19H,9-10H2,1-2H3/t13-/m1/s1. The summed E-state index contributed by atoms with van der Waals surface area (Å²) in [6.07, 6.45) is -0.168. The summed E-state index contributed by atoms with van der Waals surface area (Å²) >= 11 is 0. The summed E-state index contributed by atoms with van der Waals surface area (Å²) < 4.78 is 11.3. The summed E-state index contributed by atoms with van der Waals surface area (Å²) in [6.45, 7) is 2.97. The second-order valence-electron chi connectivity index (χ2n) is 5.40. The van der Waals surface area contributed by atoms with Gasteiger partial charge in [0.1, 0.15) is 11.9 Å². The van der Waals surface area contributed by atoms with Crippen LogP contribution in [0.4, 0.5) is 5.69 Å². The molecule has 0 fully saturated rings. The van der Waals surface area contributed by atoms with Crippen LogP contribution in [-0.4, -0.2) is 26.3 Å². The number of nitrogens with zero attached hydrogens (tertiary/aromatic N) is 3. The third kappa shape index (κ3) is 3.03. The number of fused-ring (bicyclic) bond motifs is 1. The third-order valence-electron chi connectivity index (χ3n) is 3.89. The highest BCUT2D eigenvalue weighted by molar-refractivity contribution is 5.80. The molecular formula is C17H18N4O2. The second-order valence-corrected chi connectivity index (χ2v) is 5.40. The van der Waals surface area contributed by atoms with Crippen LogP contribution in [0.25, 0.3) is 21.6 Å². The lowest BCUT2D eigenvalue weighted by Crippen LogP contribution is -2.33. The van der Waals surface area contributed by atoms with Gasteiger partial charge < -0.3 is 14.8 Å². The van der Waals surface area contributed by atoms with Crippen molar-refractivity contribution in [2.75, 3.05) is 25.5 Å². The number of rotatable bonds is 4. The maximum absolute atomic E-state index is 8.48. The van der Waals surface area contributed by atoms with E-state index in [9.17, 15) is 0 Å². The van der Waals surface area contributed by atoms with Gasteiger partial charge in [-0.2, -0.15) is 0 Å². The van der Waals surface area contributed by atoms with E-state index >= 15 is 0 Å².